The average molecular weight is 254 g/mol. The molecule has 2 heterocycles. The summed E-state index contributed by atoms with van der Waals surface area (Å²) in [6, 6.07) is 4.78. The quantitative estimate of drug-likeness (QED) is 0.771. The molecule has 1 aromatic rings. The molecule has 1 aromatic heterocycles. The number of nitrogens with zero attached hydrogens (tertiary/aromatic N) is 3. The number of likely N-dealkylation sites (N-methyl/N-ethyl adjacent to an activating group) is 1. The molecule has 0 bridgehead atoms. The normalized spacial score (nSPS) is 21.8. The zero-order valence-electron chi connectivity index (χ0n) is 10.6. The van der Waals surface area contributed by atoms with Gasteiger partial charge in [-0.1, -0.05) is 13.0 Å². The SMILES string of the molecule is CCC1CN(c2ccc(CCl)cn2)CCN1C. The van der Waals surface area contributed by atoms with E-state index in [0.29, 0.717) is 11.9 Å². The molecule has 0 aliphatic carbocycles. The van der Waals surface area contributed by atoms with E-state index in [1.54, 1.807) is 0 Å². The Morgan fingerprint density at radius 3 is 2.82 bits per heavy atom. The first-order valence-electron chi connectivity index (χ1n) is 6.20. The van der Waals surface area contributed by atoms with Gasteiger partial charge < -0.3 is 4.90 Å². The summed E-state index contributed by atoms with van der Waals surface area (Å²) in [7, 11) is 2.20. The minimum absolute atomic E-state index is 0.535. The van der Waals surface area contributed by atoms with Crippen LogP contribution in [0.1, 0.15) is 18.9 Å². The van der Waals surface area contributed by atoms with Gasteiger partial charge in [-0.25, -0.2) is 4.98 Å². The van der Waals surface area contributed by atoms with E-state index in [1.807, 2.05) is 6.20 Å². The van der Waals surface area contributed by atoms with Crippen molar-refractivity contribution in [1.82, 2.24) is 9.88 Å². The zero-order valence-corrected chi connectivity index (χ0v) is 11.3. The van der Waals surface area contributed by atoms with Crippen LogP contribution in [0.5, 0.6) is 0 Å². The number of alkyl halides is 1. The van der Waals surface area contributed by atoms with E-state index >= 15 is 0 Å². The Balaban J connectivity index is 2.06. The summed E-state index contributed by atoms with van der Waals surface area (Å²) in [5, 5.41) is 0. The summed E-state index contributed by atoms with van der Waals surface area (Å²) >= 11 is 5.77. The van der Waals surface area contributed by atoms with Crippen LogP contribution in [0, 0.1) is 0 Å². The molecule has 0 amide bonds. The smallest absolute Gasteiger partial charge is 0.128 e. The van der Waals surface area contributed by atoms with Crippen molar-refractivity contribution in [3.63, 3.8) is 0 Å². The highest BCUT2D eigenvalue weighted by Gasteiger charge is 2.23. The van der Waals surface area contributed by atoms with Gasteiger partial charge in [0.2, 0.25) is 0 Å². The first kappa shape index (κ1) is 12.7. The van der Waals surface area contributed by atoms with Crippen molar-refractivity contribution in [3.8, 4) is 0 Å². The van der Waals surface area contributed by atoms with Crippen molar-refractivity contribution in [2.75, 3.05) is 31.6 Å². The first-order valence-corrected chi connectivity index (χ1v) is 6.74. The van der Waals surface area contributed by atoms with Gasteiger partial charge in [0.1, 0.15) is 5.82 Å². The third-order valence-electron chi connectivity index (χ3n) is 3.54. The summed E-state index contributed by atoms with van der Waals surface area (Å²) in [5.74, 6) is 1.61. The fourth-order valence-corrected chi connectivity index (χ4v) is 2.44. The Morgan fingerprint density at radius 1 is 1.41 bits per heavy atom. The second kappa shape index (κ2) is 5.69. The Bertz CT molecular complexity index is 352. The predicted octanol–water partition coefficient (Wildman–Crippen LogP) is 2.35. The van der Waals surface area contributed by atoms with Gasteiger partial charge in [0, 0.05) is 37.8 Å². The van der Waals surface area contributed by atoms with Crippen molar-refractivity contribution >= 4 is 17.4 Å². The summed E-state index contributed by atoms with van der Waals surface area (Å²) in [6.07, 6.45) is 3.06. The second-order valence-electron chi connectivity index (χ2n) is 4.65. The maximum atomic E-state index is 5.77. The third kappa shape index (κ3) is 2.90. The van der Waals surface area contributed by atoms with Gasteiger partial charge in [0.25, 0.3) is 0 Å². The third-order valence-corrected chi connectivity index (χ3v) is 3.84. The summed E-state index contributed by atoms with van der Waals surface area (Å²) in [6.45, 7) is 5.48. The van der Waals surface area contributed by atoms with E-state index in [0.717, 1.165) is 31.0 Å². The van der Waals surface area contributed by atoms with Crippen LogP contribution >= 0.6 is 11.6 Å². The molecule has 4 heteroatoms. The van der Waals surface area contributed by atoms with Crippen LogP contribution in [0.15, 0.2) is 18.3 Å². The van der Waals surface area contributed by atoms with Gasteiger partial charge in [0.05, 0.1) is 0 Å². The predicted molar refractivity (Wildman–Crippen MR) is 72.7 cm³/mol. The van der Waals surface area contributed by atoms with Crippen molar-refractivity contribution in [2.24, 2.45) is 0 Å². The van der Waals surface area contributed by atoms with E-state index in [-0.39, 0.29) is 0 Å². The summed E-state index contributed by atoms with van der Waals surface area (Å²) in [4.78, 5) is 9.29. The lowest BCUT2D eigenvalue weighted by molar-refractivity contribution is 0.213. The molecule has 0 saturated carbocycles. The average Bonchev–Trinajstić information content (AvgIpc) is 2.39. The van der Waals surface area contributed by atoms with Crippen molar-refractivity contribution in [2.45, 2.75) is 25.3 Å². The lowest BCUT2D eigenvalue weighted by Crippen LogP contribution is -2.51. The largest absolute Gasteiger partial charge is 0.354 e. The van der Waals surface area contributed by atoms with E-state index in [9.17, 15) is 0 Å². The van der Waals surface area contributed by atoms with E-state index in [4.69, 9.17) is 11.6 Å². The molecule has 1 fully saturated rings. The van der Waals surface area contributed by atoms with Gasteiger partial charge in [-0.2, -0.15) is 0 Å². The minimum atomic E-state index is 0.535. The molecule has 3 nitrogen and oxygen atoms in total. The summed E-state index contributed by atoms with van der Waals surface area (Å²) in [5.41, 5.74) is 1.08. The van der Waals surface area contributed by atoms with Crippen molar-refractivity contribution in [3.05, 3.63) is 23.9 Å². The second-order valence-corrected chi connectivity index (χ2v) is 4.91. The van der Waals surface area contributed by atoms with Gasteiger partial charge in [-0.05, 0) is 25.1 Å². The lowest BCUT2D eigenvalue weighted by atomic mass is 10.1. The fourth-order valence-electron chi connectivity index (χ4n) is 2.28. The molecule has 1 unspecified atom stereocenters. The highest BCUT2D eigenvalue weighted by Crippen LogP contribution is 2.18. The van der Waals surface area contributed by atoms with Gasteiger partial charge in [-0.3, -0.25) is 4.90 Å². The van der Waals surface area contributed by atoms with E-state index < -0.39 is 0 Å². The van der Waals surface area contributed by atoms with Crippen LogP contribution in [0.4, 0.5) is 5.82 Å². The Kier molecular flexibility index (Phi) is 4.24. The first-order chi connectivity index (χ1) is 8.24. The molecule has 1 atom stereocenters. The van der Waals surface area contributed by atoms with Crippen LogP contribution < -0.4 is 4.90 Å². The fraction of sp³-hybridized carbons (Fsp3) is 0.615. The number of halogens is 1. The number of aromatic nitrogens is 1. The molecule has 0 spiro atoms. The highest BCUT2D eigenvalue weighted by atomic mass is 35.5. The molecule has 17 heavy (non-hydrogen) atoms. The number of hydrogen-bond donors (Lipinski definition) is 0. The molecule has 2 rings (SSSR count). The Morgan fingerprint density at radius 2 is 2.24 bits per heavy atom. The van der Waals surface area contributed by atoms with E-state index in [1.165, 1.54) is 6.42 Å². The monoisotopic (exact) mass is 253 g/mol. The van der Waals surface area contributed by atoms with Gasteiger partial charge in [-0.15, -0.1) is 11.6 Å². The molecular formula is C13H20ClN3. The van der Waals surface area contributed by atoms with Crippen LogP contribution in [0.2, 0.25) is 0 Å². The highest BCUT2D eigenvalue weighted by molar-refractivity contribution is 6.17. The zero-order chi connectivity index (χ0) is 12.3. The number of pyridine rings is 1. The molecule has 1 aliphatic heterocycles. The maximum Gasteiger partial charge on any atom is 0.128 e. The summed E-state index contributed by atoms with van der Waals surface area (Å²) < 4.78 is 0. The van der Waals surface area contributed by atoms with Crippen molar-refractivity contribution in [1.29, 1.82) is 0 Å². The van der Waals surface area contributed by atoms with Gasteiger partial charge >= 0.3 is 0 Å². The standard InChI is InChI=1S/C13H20ClN3/c1-3-12-10-17(7-6-16(12)2)13-5-4-11(8-14)9-15-13/h4-5,9,12H,3,6-8,10H2,1-2H3. The topological polar surface area (TPSA) is 19.4 Å². The maximum absolute atomic E-state index is 5.77. The van der Waals surface area contributed by atoms with Gasteiger partial charge in [0.15, 0.2) is 0 Å². The molecule has 1 aliphatic rings. The molecule has 0 radical (unpaired) electrons. The molecule has 0 N–H and O–H groups in total. The Hall–Kier alpha value is -0.800. The van der Waals surface area contributed by atoms with Crippen molar-refractivity contribution < 1.29 is 0 Å². The van der Waals surface area contributed by atoms with E-state index in [2.05, 4.69) is 40.9 Å². The number of piperazine rings is 1. The number of anilines is 1. The minimum Gasteiger partial charge on any atom is -0.354 e. The molecule has 0 aromatic carbocycles. The molecule has 94 valence electrons. The molecule has 1 saturated heterocycles. The van der Waals surface area contributed by atoms with Crippen LogP contribution in [0.3, 0.4) is 0 Å². The lowest BCUT2D eigenvalue weighted by Gasteiger charge is -2.39. The van der Waals surface area contributed by atoms with Crippen LogP contribution in [0.25, 0.3) is 0 Å². The Labute approximate surface area is 108 Å². The number of rotatable bonds is 3. The molecular weight excluding hydrogens is 234 g/mol. The van der Waals surface area contributed by atoms with Crippen LogP contribution in [-0.2, 0) is 5.88 Å². The van der Waals surface area contributed by atoms with Crippen LogP contribution in [-0.4, -0.2) is 42.6 Å². The number of hydrogen-bond acceptors (Lipinski definition) is 3.